The normalized spacial score (nSPS) is 9.43. The van der Waals surface area contributed by atoms with Crippen molar-refractivity contribution in [1.29, 1.82) is 5.26 Å². The molecule has 2 aromatic carbocycles. The van der Waals surface area contributed by atoms with Gasteiger partial charge in [-0.2, -0.15) is 5.26 Å². The second-order valence-electron chi connectivity index (χ2n) is 4.58. The van der Waals surface area contributed by atoms with Crippen molar-refractivity contribution in [3.05, 3.63) is 65.2 Å². The number of carbonyl (C=O) groups excluding carboxylic acids is 1. The minimum absolute atomic E-state index is 0.0615. The summed E-state index contributed by atoms with van der Waals surface area (Å²) in [5.74, 6) is 2.47. The van der Waals surface area contributed by atoms with Gasteiger partial charge in [-0.1, -0.05) is 24.1 Å². The van der Waals surface area contributed by atoms with Gasteiger partial charge in [-0.3, -0.25) is 4.79 Å². The molecule has 1 amide bonds. The molecule has 0 saturated heterocycles. The fraction of sp³-hybridized carbons (Fsp3) is 0.111. The maximum Gasteiger partial charge on any atom is 0.224 e. The lowest BCUT2D eigenvalue weighted by molar-refractivity contribution is -0.116. The van der Waals surface area contributed by atoms with Crippen molar-refractivity contribution >= 4 is 11.6 Å². The SMILES string of the molecule is C#Cc1cccc(NC(=O)CCc2ccc(C#N)cc2)c1. The third-order valence-electron chi connectivity index (χ3n) is 3.04. The van der Waals surface area contributed by atoms with Gasteiger partial charge < -0.3 is 5.32 Å². The van der Waals surface area contributed by atoms with Crippen molar-refractivity contribution in [3.63, 3.8) is 0 Å². The summed E-state index contributed by atoms with van der Waals surface area (Å²) in [5, 5.41) is 11.5. The number of nitrogens with zero attached hydrogens (tertiary/aromatic N) is 1. The van der Waals surface area contributed by atoms with Crippen LogP contribution in [0, 0.1) is 23.7 Å². The number of rotatable bonds is 4. The van der Waals surface area contributed by atoms with Crippen molar-refractivity contribution in [2.45, 2.75) is 12.8 Å². The van der Waals surface area contributed by atoms with E-state index >= 15 is 0 Å². The summed E-state index contributed by atoms with van der Waals surface area (Å²) in [6, 6.07) is 16.5. The molecule has 1 N–H and O–H groups in total. The zero-order valence-electron chi connectivity index (χ0n) is 11.5. The topological polar surface area (TPSA) is 52.9 Å². The van der Waals surface area contributed by atoms with E-state index in [2.05, 4.69) is 17.3 Å². The van der Waals surface area contributed by atoms with E-state index in [0.29, 0.717) is 24.1 Å². The van der Waals surface area contributed by atoms with Crippen LogP contribution in [0.1, 0.15) is 23.1 Å². The van der Waals surface area contributed by atoms with Crippen molar-refractivity contribution in [1.82, 2.24) is 0 Å². The number of anilines is 1. The van der Waals surface area contributed by atoms with Gasteiger partial charge in [-0.05, 0) is 42.3 Å². The predicted molar refractivity (Wildman–Crippen MR) is 82.5 cm³/mol. The molecule has 0 fully saturated rings. The van der Waals surface area contributed by atoms with E-state index in [9.17, 15) is 4.79 Å². The average Bonchev–Trinajstić information content (AvgIpc) is 2.53. The molecule has 2 aromatic rings. The first-order chi connectivity index (χ1) is 10.2. The number of nitrogens with one attached hydrogen (secondary N) is 1. The van der Waals surface area contributed by atoms with E-state index < -0.39 is 0 Å². The highest BCUT2D eigenvalue weighted by molar-refractivity contribution is 5.91. The molecule has 0 unspecified atom stereocenters. The van der Waals surface area contributed by atoms with Crippen LogP contribution in [0.2, 0.25) is 0 Å². The molecule has 0 aromatic heterocycles. The Kier molecular flexibility index (Phi) is 4.75. The van der Waals surface area contributed by atoms with Crippen LogP contribution >= 0.6 is 0 Å². The van der Waals surface area contributed by atoms with Gasteiger partial charge in [0.2, 0.25) is 5.91 Å². The summed E-state index contributed by atoms with van der Waals surface area (Å²) in [5.41, 5.74) is 3.09. The lowest BCUT2D eigenvalue weighted by Gasteiger charge is -2.06. The first kappa shape index (κ1) is 14.4. The summed E-state index contributed by atoms with van der Waals surface area (Å²) in [6.45, 7) is 0. The Bertz CT molecular complexity index is 718. The third kappa shape index (κ3) is 4.23. The summed E-state index contributed by atoms with van der Waals surface area (Å²) >= 11 is 0. The van der Waals surface area contributed by atoms with Crippen LogP contribution in [-0.4, -0.2) is 5.91 Å². The Balaban J connectivity index is 1.89. The molecule has 0 spiro atoms. The molecule has 0 atom stereocenters. The number of terminal acetylenes is 1. The second kappa shape index (κ2) is 6.93. The maximum atomic E-state index is 11.9. The molecule has 0 radical (unpaired) electrons. The van der Waals surface area contributed by atoms with Gasteiger partial charge in [0.15, 0.2) is 0 Å². The molecule has 3 heteroatoms. The molecule has 3 nitrogen and oxygen atoms in total. The number of hydrogen-bond donors (Lipinski definition) is 1. The van der Waals surface area contributed by atoms with Crippen LogP contribution < -0.4 is 5.32 Å². The molecule has 0 aliphatic heterocycles. The summed E-state index contributed by atoms with van der Waals surface area (Å²) in [6.07, 6.45) is 6.33. The first-order valence-corrected chi connectivity index (χ1v) is 6.57. The summed E-state index contributed by atoms with van der Waals surface area (Å²) in [7, 11) is 0. The monoisotopic (exact) mass is 274 g/mol. The van der Waals surface area contributed by atoms with Gasteiger partial charge in [-0.15, -0.1) is 6.42 Å². The molecular formula is C18H14N2O. The number of nitriles is 1. The number of aryl methyl sites for hydroxylation is 1. The minimum Gasteiger partial charge on any atom is -0.326 e. The molecule has 0 bridgehead atoms. The van der Waals surface area contributed by atoms with Gasteiger partial charge in [0.1, 0.15) is 0 Å². The van der Waals surface area contributed by atoms with Crippen LogP contribution in [0.3, 0.4) is 0 Å². The van der Waals surface area contributed by atoms with Crippen LogP contribution in [0.5, 0.6) is 0 Å². The quantitative estimate of drug-likeness (QED) is 0.871. The van der Waals surface area contributed by atoms with Crippen LogP contribution in [0.4, 0.5) is 5.69 Å². The summed E-state index contributed by atoms with van der Waals surface area (Å²) in [4.78, 5) is 11.9. The molecule has 0 aliphatic carbocycles. The van der Waals surface area contributed by atoms with Gasteiger partial charge in [0.05, 0.1) is 11.6 Å². The molecule has 102 valence electrons. The molecule has 0 aliphatic rings. The van der Waals surface area contributed by atoms with Gasteiger partial charge in [-0.25, -0.2) is 0 Å². The Morgan fingerprint density at radius 3 is 2.57 bits per heavy atom. The van der Waals surface area contributed by atoms with E-state index in [0.717, 1.165) is 11.1 Å². The number of carbonyl (C=O) groups is 1. The molecule has 2 rings (SSSR count). The van der Waals surface area contributed by atoms with E-state index in [1.807, 2.05) is 24.3 Å². The van der Waals surface area contributed by atoms with Crippen molar-refractivity contribution in [2.24, 2.45) is 0 Å². The van der Waals surface area contributed by atoms with Crippen molar-refractivity contribution in [2.75, 3.05) is 5.32 Å². The number of amides is 1. The third-order valence-corrected chi connectivity index (χ3v) is 3.04. The lowest BCUT2D eigenvalue weighted by atomic mass is 10.1. The fourth-order valence-electron chi connectivity index (χ4n) is 1.91. The van der Waals surface area contributed by atoms with Gasteiger partial charge >= 0.3 is 0 Å². The Morgan fingerprint density at radius 1 is 1.14 bits per heavy atom. The van der Waals surface area contributed by atoms with Crippen LogP contribution in [0.15, 0.2) is 48.5 Å². The highest BCUT2D eigenvalue weighted by Gasteiger charge is 2.04. The summed E-state index contributed by atoms with van der Waals surface area (Å²) < 4.78 is 0. The smallest absolute Gasteiger partial charge is 0.224 e. The number of hydrogen-bond acceptors (Lipinski definition) is 2. The van der Waals surface area contributed by atoms with E-state index in [1.165, 1.54) is 0 Å². The van der Waals surface area contributed by atoms with Crippen molar-refractivity contribution in [3.8, 4) is 18.4 Å². The zero-order valence-corrected chi connectivity index (χ0v) is 11.5. The van der Waals surface area contributed by atoms with Gasteiger partial charge in [0, 0.05) is 17.7 Å². The van der Waals surface area contributed by atoms with E-state index in [1.54, 1.807) is 24.3 Å². The zero-order chi connectivity index (χ0) is 15.1. The first-order valence-electron chi connectivity index (χ1n) is 6.57. The van der Waals surface area contributed by atoms with Gasteiger partial charge in [0.25, 0.3) is 0 Å². The molecular weight excluding hydrogens is 260 g/mol. The molecule has 0 saturated carbocycles. The number of benzene rings is 2. The lowest BCUT2D eigenvalue weighted by Crippen LogP contribution is -2.12. The maximum absolute atomic E-state index is 11.9. The molecule has 21 heavy (non-hydrogen) atoms. The Labute approximate surface area is 124 Å². The van der Waals surface area contributed by atoms with Crippen LogP contribution in [0.25, 0.3) is 0 Å². The van der Waals surface area contributed by atoms with E-state index in [4.69, 9.17) is 11.7 Å². The highest BCUT2D eigenvalue weighted by atomic mass is 16.1. The minimum atomic E-state index is -0.0615. The average molecular weight is 274 g/mol. The second-order valence-corrected chi connectivity index (χ2v) is 4.58. The Morgan fingerprint density at radius 2 is 1.90 bits per heavy atom. The predicted octanol–water partition coefficient (Wildman–Crippen LogP) is 3.11. The molecule has 0 heterocycles. The standard InChI is InChI=1S/C18H14N2O/c1-2-14-4-3-5-17(12-14)20-18(21)11-10-15-6-8-16(13-19)9-7-15/h1,3-9,12H,10-11H2,(H,20,21). The highest BCUT2D eigenvalue weighted by Crippen LogP contribution is 2.11. The largest absolute Gasteiger partial charge is 0.326 e. The van der Waals surface area contributed by atoms with Crippen LogP contribution in [-0.2, 0) is 11.2 Å². The Hall–Kier alpha value is -3.04. The van der Waals surface area contributed by atoms with Crippen molar-refractivity contribution < 1.29 is 4.79 Å². The van der Waals surface area contributed by atoms with E-state index in [-0.39, 0.29) is 5.91 Å². The fourth-order valence-corrected chi connectivity index (χ4v) is 1.91.